The van der Waals surface area contributed by atoms with Crippen LogP contribution in [0.3, 0.4) is 0 Å². The molecule has 3 nitrogen and oxygen atoms in total. The molecule has 3 atom stereocenters. The van der Waals surface area contributed by atoms with Crippen LogP contribution in [0, 0.1) is 11.8 Å². The minimum absolute atomic E-state index is 0.192. The predicted octanol–water partition coefficient (Wildman–Crippen LogP) is 1.76. The number of hydrogen-bond donors (Lipinski definition) is 1. The molecule has 2 fully saturated rings. The van der Waals surface area contributed by atoms with Gasteiger partial charge in [-0.3, -0.25) is 4.79 Å². The Bertz CT molecular complexity index is 265. The maximum Gasteiger partial charge on any atom is 0.239 e. The highest BCUT2D eigenvalue weighted by Crippen LogP contribution is 2.35. The number of hydrogen-bond acceptors (Lipinski definition) is 2. The average Bonchev–Trinajstić information content (AvgIpc) is 2.60. The van der Waals surface area contributed by atoms with Crippen LogP contribution in [0.4, 0.5) is 0 Å². The number of amides is 1. The summed E-state index contributed by atoms with van der Waals surface area (Å²) in [6.45, 7) is 5.45. The first-order chi connectivity index (χ1) is 7.61. The van der Waals surface area contributed by atoms with Crippen molar-refractivity contribution >= 4 is 5.91 Å². The van der Waals surface area contributed by atoms with Crippen molar-refractivity contribution < 1.29 is 4.79 Å². The molecule has 3 heteroatoms. The Kier molecular flexibility index (Phi) is 3.53. The largest absolute Gasteiger partial charge is 0.338 e. The van der Waals surface area contributed by atoms with Crippen molar-refractivity contribution in [3.63, 3.8) is 0 Å². The first-order valence-electron chi connectivity index (χ1n) is 6.67. The van der Waals surface area contributed by atoms with Crippen LogP contribution >= 0.6 is 0 Å². The quantitative estimate of drug-likeness (QED) is 0.777. The van der Waals surface area contributed by atoms with Crippen LogP contribution < -0.4 is 5.73 Å². The van der Waals surface area contributed by atoms with E-state index in [0.717, 1.165) is 13.0 Å². The summed E-state index contributed by atoms with van der Waals surface area (Å²) in [5.41, 5.74) is 5.81. The van der Waals surface area contributed by atoms with Crippen LogP contribution in [0.1, 0.15) is 46.0 Å². The van der Waals surface area contributed by atoms with Gasteiger partial charge >= 0.3 is 0 Å². The molecule has 1 amide bonds. The highest BCUT2D eigenvalue weighted by molar-refractivity contribution is 5.84. The molecule has 16 heavy (non-hydrogen) atoms. The zero-order chi connectivity index (χ0) is 11.7. The lowest BCUT2D eigenvalue weighted by Gasteiger charge is -2.40. The van der Waals surface area contributed by atoms with E-state index in [0.29, 0.717) is 17.9 Å². The normalized spacial score (nSPS) is 36.1. The second-order valence-electron chi connectivity index (χ2n) is 5.69. The van der Waals surface area contributed by atoms with Gasteiger partial charge in [0.15, 0.2) is 0 Å². The van der Waals surface area contributed by atoms with Gasteiger partial charge in [0.25, 0.3) is 0 Å². The summed E-state index contributed by atoms with van der Waals surface area (Å²) in [5, 5.41) is 0. The number of nitrogens with two attached hydrogens (primary N) is 1. The molecule has 1 heterocycles. The first-order valence-corrected chi connectivity index (χ1v) is 6.67. The fourth-order valence-electron chi connectivity index (χ4n) is 3.36. The van der Waals surface area contributed by atoms with Gasteiger partial charge in [0.05, 0.1) is 6.04 Å². The molecule has 0 aromatic rings. The standard InChI is InChI=1S/C13H24N2O/c1-9(2)10-5-3-4-6-12(10)15-8-7-11(14)13(15)16/h9-12H,3-8,14H2,1-2H3. The lowest BCUT2D eigenvalue weighted by molar-refractivity contribution is -0.132. The van der Waals surface area contributed by atoms with E-state index in [4.69, 9.17) is 5.73 Å². The summed E-state index contributed by atoms with van der Waals surface area (Å²) in [7, 11) is 0. The fourth-order valence-corrected chi connectivity index (χ4v) is 3.36. The molecule has 2 aliphatic rings. The molecule has 0 aromatic heterocycles. The van der Waals surface area contributed by atoms with Gasteiger partial charge in [0, 0.05) is 12.6 Å². The Morgan fingerprint density at radius 3 is 2.50 bits per heavy atom. The molecule has 0 spiro atoms. The Morgan fingerprint density at radius 1 is 1.25 bits per heavy atom. The van der Waals surface area contributed by atoms with E-state index in [2.05, 4.69) is 18.7 Å². The second kappa shape index (κ2) is 4.74. The number of carbonyl (C=O) groups excluding carboxylic acids is 1. The third kappa shape index (κ3) is 2.10. The van der Waals surface area contributed by atoms with Crippen LogP contribution in [0.25, 0.3) is 0 Å². The Labute approximate surface area is 98.4 Å². The highest BCUT2D eigenvalue weighted by atomic mass is 16.2. The summed E-state index contributed by atoms with van der Waals surface area (Å²) in [5.74, 6) is 1.55. The van der Waals surface area contributed by atoms with Gasteiger partial charge < -0.3 is 10.6 Å². The Morgan fingerprint density at radius 2 is 1.94 bits per heavy atom. The van der Waals surface area contributed by atoms with Gasteiger partial charge in [0.1, 0.15) is 0 Å². The van der Waals surface area contributed by atoms with Crippen molar-refractivity contribution in [3.05, 3.63) is 0 Å². The molecule has 0 aromatic carbocycles. The lowest BCUT2D eigenvalue weighted by Crippen LogP contribution is -2.47. The van der Waals surface area contributed by atoms with E-state index in [1.165, 1.54) is 25.7 Å². The summed E-state index contributed by atoms with van der Waals surface area (Å²) in [6.07, 6.45) is 5.91. The van der Waals surface area contributed by atoms with Crippen molar-refractivity contribution in [1.29, 1.82) is 0 Å². The maximum absolute atomic E-state index is 12.0. The van der Waals surface area contributed by atoms with Gasteiger partial charge in [-0.25, -0.2) is 0 Å². The van der Waals surface area contributed by atoms with Crippen molar-refractivity contribution in [2.24, 2.45) is 17.6 Å². The zero-order valence-corrected chi connectivity index (χ0v) is 10.5. The van der Waals surface area contributed by atoms with E-state index in [1.54, 1.807) is 0 Å². The van der Waals surface area contributed by atoms with Gasteiger partial charge in [-0.05, 0) is 31.1 Å². The molecule has 0 bridgehead atoms. The SMILES string of the molecule is CC(C)C1CCCCC1N1CCC(N)C1=O. The van der Waals surface area contributed by atoms with E-state index in [1.807, 2.05) is 0 Å². The van der Waals surface area contributed by atoms with E-state index in [9.17, 15) is 4.79 Å². The average molecular weight is 224 g/mol. The number of carbonyl (C=O) groups is 1. The van der Waals surface area contributed by atoms with Crippen molar-refractivity contribution in [3.8, 4) is 0 Å². The molecule has 1 saturated carbocycles. The van der Waals surface area contributed by atoms with Crippen molar-refractivity contribution in [1.82, 2.24) is 4.90 Å². The van der Waals surface area contributed by atoms with Crippen molar-refractivity contribution in [2.75, 3.05) is 6.54 Å². The predicted molar refractivity (Wildman–Crippen MR) is 64.9 cm³/mol. The second-order valence-corrected chi connectivity index (χ2v) is 5.69. The van der Waals surface area contributed by atoms with Crippen LogP contribution in [0.5, 0.6) is 0 Å². The lowest BCUT2D eigenvalue weighted by atomic mass is 9.77. The maximum atomic E-state index is 12.0. The number of likely N-dealkylation sites (tertiary alicyclic amines) is 1. The minimum Gasteiger partial charge on any atom is -0.338 e. The molecule has 3 unspecified atom stereocenters. The third-order valence-electron chi connectivity index (χ3n) is 4.32. The monoisotopic (exact) mass is 224 g/mol. The van der Waals surface area contributed by atoms with Crippen LogP contribution in [0.2, 0.25) is 0 Å². The summed E-state index contributed by atoms with van der Waals surface area (Å²) in [6, 6.07) is 0.240. The number of nitrogens with zero attached hydrogens (tertiary/aromatic N) is 1. The van der Waals surface area contributed by atoms with E-state index in [-0.39, 0.29) is 11.9 Å². The summed E-state index contributed by atoms with van der Waals surface area (Å²) >= 11 is 0. The fraction of sp³-hybridized carbons (Fsp3) is 0.923. The smallest absolute Gasteiger partial charge is 0.239 e. The molecule has 1 aliphatic carbocycles. The Hall–Kier alpha value is -0.570. The minimum atomic E-state index is -0.227. The molecular weight excluding hydrogens is 200 g/mol. The van der Waals surface area contributed by atoms with Gasteiger partial charge in [-0.2, -0.15) is 0 Å². The third-order valence-corrected chi connectivity index (χ3v) is 4.32. The topological polar surface area (TPSA) is 46.3 Å². The Balaban J connectivity index is 2.08. The number of rotatable bonds is 2. The molecular formula is C13H24N2O. The first kappa shape index (κ1) is 11.9. The highest BCUT2D eigenvalue weighted by Gasteiger charge is 2.39. The van der Waals surface area contributed by atoms with Gasteiger partial charge in [-0.1, -0.05) is 26.7 Å². The van der Waals surface area contributed by atoms with E-state index >= 15 is 0 Å². The van der Waals surface area contributed by atoms with Crippen molar-refractivity contribution in [2.45, 2.75) is 58.0 Å². The molecule has 2 N–H and O–H groups in total. The summed E-state index contributed by atoms with van der Waals surface area (Å²) < 4.78 is 0. The van der Waals surface area contributed by atoms with Gasteiger partial charge in [0.2, 0.25) is 5.91 Å². The van der Waals surface area contributed by atoms with Gasteiger partial charge in [-0.15, -0.1) is 0 Å². The molecule has 92 valence electrons. The van der Waals surface area contributed by atoms with Crippen LogP contribution in [-0.2, 0) is 4.79 Å². The zero-order valence-electron chi connectivity index (χ0n) is 10.5. The van der Waals surface area contributed by atoms with Crippen LogP contribution in [0.15, 0.2) is 0 Å². The molecule has 0 radical (unpaired) electrons. The van der Waals surface area contributed by atoms with Crippen LogP contribution in [-0.4, -0.2) is 29.4 Å². The van der Waals surface area contributed by atoms with E-state index < -0.39 is 0 Å². The molecule has 1 aliphatic heterocycles. The molecule has 2 rings (SSSR count). The molecule has 1 saturated heterocycles. The summed E-state index contributed by atoms with van der Waals surface area (Å²) in [4.78, 5) is 14.1.